The molecule has 0 N–H and O–H groups in total. The summed E-state index contributed by atoms with van der Waals surface area (Å²) in [7, 11) is 2.37. The zero-order valence-corrected chi connectivity index (χ0v) is 38.9. The average molecular weight is 926 g/mol. The van der Waals surface area contributed by atoms with Gasteiger partial charge in [0.2, 0.25) is 0 Å². The zero-order chi connectivity index (χ0) is 47.1. The van der Waals surface area contributed by atoms with Crippen LogP contribution in [0.5, 0.6) is 11.5 Å². The van der Waals surface area contributed by atoms with Crippen LogP contribution in [0.1, 0.15) is 114 Å². The second-order valence-corrected chi connectivity index (χ2v) is 19.7. The molecule has 2 fully saturated rings. The van der Waals surface area contributed by atoms with Crippen LogP contribution in [0.3, 0.4) is 0 Å². The van der Waals surface area contributed by atoms with Crippen molar-refractivity contribution in [2.45, 2.75) is 140 Å². The Morgan fingerprint density at radius 3 is 2.40 bits per heavy atom. The number of rotatable bonds is 11. The SMILES string of the molecule is COC(=O)[C@H]1C[C@H](Oc2ccc3c(c2)C2(CCC(C(=O)OC)(N(C(=O)C(F)(F)F)c4cccc(Cl)c4)CC2)[C@@H](C[C@@H](C)COc2ccnc4c2[C@H](C)CCC4)C3)CN1C(=O)OC(C)(C)C. The fourth-order valence-electron chi connectivity index (χ4n) is 10.9. The molecular formula is C49H59ClF3N3O9. The molecule has 3 aliphatic carbocycles. The maximum atomic E-state index is 14.6. The van der Waals surface area contributed by atoms with E-state index in [0.717, 1.165) is 54.5 Å². The second kappa shape index (κ2) is 18.7. The van der Waals surface area contributed by atoms with Crippen molar-refractivity contribution in [2.75, 3.05) is 32.3 Å². The van der Waals surface area contributed by atoms with E-state index in [1.807, 2.05) is 24.3 Å². The molecule has 16 heteroatoms. The van der Waals surface area contributed by atoms with Gasteiger partial charge in [0.15, 0.2) is 0 Å². The van der Waals surface area contributed by atoms with E-state index in [-0.39, 0.29) is 61.2 Å². The first-order chi connectivity index (χ1) is 30.7. The molecule has 2 amide bonds. The molecule has 2 aromatic carbocycles. The monoisotopic (exact) mass is 925 g/mol. The number of alkyl halides is 3. The molecule has 5 atom stereocenters. The number of anilines is 1. The lowest BCUT2D eigenvalue weighted by atomic mass is 9.59. The molecule has 1 saturated heterocycles. The number of aryl methyl sites for hydroxylation is 1. The largest absolute Gasteiger partial charge is 0.493 e. The fraction of sp³-hybridized carbons (Fsp3) is 0.571. The third-order valence-corrected chi connectivity index (χ3v) is 14.0. The smallest absolute Gasteiger partial charge is 0.471 e. The van der Waals surface area contributed by atoms with Crippen LogP contribution >= 0.6 is 11.6 Å². The number of amides is 2. The van der Waals surface area contributed by atoms with E-state index in [1.165, 1.54) is 36.3 Å². The Bertz CT molecular complexity index is 2270. The molecule has 12 nitrogen and oxygen atoms in total. The molecule has 1 aliphatic heterocycles. The first kappa shape index (κ1) is 47.9. The number of carbonyl (C=O) groups is 4. The van der Waals surface area contributed by atoms with Crippen molar-refractivity contribution in [1.29, 1.82) is 0 Å². The third kappa shape index (κ3) is 9.76. The highest BCUT2D eigenvalue weighted by atomic mass is 35.5. The Morgan fingerprint density at radius 2 is 1.74 bits per heavy atom. The van der Waals surface area contributed by atoms with Crippen molar-refractivity contribution in [2.24, 2.45) is 11.8 Å². The molecule has 1 aromatic heterocycles. The van der Waals surface area contributed by atoms with Gasteiger partial charge in [0.1, 0.15) is 34.8 Å². The number of carbonyl (C=O) groups excluding carboxylic acids is 4. The Kier molecular flexibility index (Phi) is 13.8. The predicted molar refractivity (Wildman–Crippen MR) is 236 cm³/mol. The van der Waals surface area contributed by atoms with Gasteiger partial charge >= 0.3 is 30.1 Å². The third-order valence-electron chi connectivity index (χ3n) is 13.8. The number of aromatic nitrogens is 1. The lowest BCUT2D eigenvalue weighted by Crippen LogP contribution is -2.63. The van der Waals surface area contributed by atoms with E-state index in [1.54, 1.807) is 27.0 Å². The van der Waals surface area contributed by atoms with Crippen molar-refractivity contribution in [3.8, 4) is 11.5 Å². The predicted octanol–water partition coefficient (Wildman–Crippen LogP) is 9.70. The number of benzene rings is 2. The van der Waals surface area contributed by atoms with Crippen LogP contribution in [0.25, 0.3) is 0 Å². The van der Waals surface area contributed by atoms with Gasteiger partial charge in [-0.1, -0.05) is 37.6 Å². The number of halogens is 4. The van der Waals surface area contributed by atoms with Gasteiger partial charge in [0, 0.05) is 34.6 Å². The summed E-state index contributed by atoms with van der Waals surface area (Å²) in [6, 6.07) is 12.3. The quantitative estimate of drug-likeness (QED) is 0.135. The highest BCUT2D eigenvalue weighted by Gasteiger charge is 2.60. The summed E-state index contributed by atoms with van der Waals surface area (Å²) in [5.74, 6) is -2.10. The van der Waals surface area contributed by atoms with Crippen LogP contribution in [-0.4, -0.2) is 90.7 Å². The van der Waals surface area contributed by atoms with Gasteiger partial charge in [-0.15, -0.1) is 0 Å². The minimum Gasteiger partial charge on any atom is -0.493 e. The number of hydrogen-bond donors (Lipinski definition) is 0. The van der Waals surface area contributed by atoms with Crippen molar-refractivity contribution in [3.63, 3.8) is 0 Å². The molecule has 3 aromatic rings. The van der Waals surface area contributed by atoms with Gasteiger partial charge < -0.3 is 23.7 Å². The van der Waals surface area contributed by atoms with E-state index in [2.05, 4.69) is 18.8 Å². The average Bonchev–Trinajstić information content (AvgIpc) is 3.81. The number of fused-ring (bicyclic) bond motifs is 3. The highest BCUT2D eigenvalue weighted by molar-refractivity contribution is 6.31. The zero-order valence-electron chi connectivity index (χ0n) is 38.1. The highest BCUT2D eigenvalue weighted by Crippen LogP contribution is 2.58. The lowest BCUT2D eigenvalue weighted by molar-refractivity contribution is -0.174. The van der Waals surface area contributed by atoms with Crippen molar-refractivity contribution >= 4 is 41.2 Å². The number of hydrogen-bond acceptors (Lipinski definition) is 10. The van der Waals surface area contributed by atoms with E-state index < -0.39 is 58.8 Å². The molecule has 1 saturated carbocycles. The lowest BCUT2D eigenvalue weighted by Gasteiger charge is -2.51. The Hall–Kier alpha value is -5.05. The van der Waals surface area contributed by atoms with Gasteiger partial charge in [-0.05, 0) is 149 Å². The van der Waals surface area contributed by atoms with E-state index >= 15 is 0 Å². The Balaban J connectivity index is 1.22. The first-order valence-electron chi connectivity index (χ1n) is 22.4. The summed E-state index contributed by atoms with van der Waals surface area (Å²) >= 11 is 6.28. The summed E-state index contributed by atoms with van der Waals surface area (Å²) in [4.78, 5) is 60.2. The minimum absolute atomic E-state index is 0.0388. The summed E-state index contributed by atoms with van der Waals surface area (Å²) in [5, 5.41) is 0.0967. The number of nitrogens with zero attached hydrogens (tertiary/aromatic N) is 3. The summed E-state index contributed by atoms with van der Waals surface area (Å²) in [6.07, 6.45) is -0.0872. The summed E-state index contributed by atoms with van der Waals surface area (Å²) in [5.41, 5.74) is 0.542. The normalized spacial score (nSPS) is 25.6. The van der Waals surface area contributed by atoms with Gasteiger partial charge in [-0.25, -0.2) is 14.4 Å². The number of methoxy groups -OCH3 is 2. The van der Waals surface area contributed by atoms with Gasteiger partial charge in [0.25, 0.3) is 0 Å². The molecule has 2 heterocycles. The Labute approximate surface area is 383 Å². The van der Waals surface area contributed by atoms with Crippen LogP contribution < -0.4 is 14.4 Å². The van der Waals surface area contributed by atoms with Crippen molar-refractivity contribution < 1.29 is 56.0 Å². The van der Waals surface area contributed by atoms with Crippen LogP contribution in [0.2, 0.25) is 5.02 Å². The molecule has 4 aliphatic rings. The number of likely N-dealkylation sites (tertiary alicyclic amines) is 1. The molecule has 65 heavy (non-hydrogen) atoms. The first-order valence-corrected chi connectivity index (χ1v) is 22.8. The number of pyridine rings is 1. The van der Waals surface area contributed by atoms with Gasteiger partial charge in [0.05, 0.1) is 27.4 Å². The maximum absolute atomic E-state index is 14.6. The number of esters is 2. The second-order valence-electron chi connectivity index (χ2n) is 19.3. The molecule has 1 spiro atoms. The topological polar surface area (TPSA) is 134 Å². The Morgan fingerprint density at radius 1 is 1.00 bits per heavy atom. The van der Waals surface area contributed by atoms with Crippen LogP contribution in [0.15, 0.2) is 54.7 Å². The van der Waals surface area contributed by atoms with Crippen LogP contribution in [0.4, 0.5) is 23.7 Å². The van der Waals surface area contributed by atoms with Crippen molar-refractivity contribution in [3.05, 3.63) is 82.1 Å². The number of ether oxygens (including phenoxy) is 5. The molecular weight excluding hydrogens is 867 g/mol. The molecule has 0 bridgehead atoms. The van der Waals surface area contributed by atoms with Crippen molar-refractivity contribution in [1.82, 2.24) is 9.88 Å². The van der Waals surface area contributed by atoms with E-state index in [9.17, 15) is 32.3 Å². The van der Waals surface area contributed by atoms with Gasteiger partial charge in [-0.3, -0.25) is 19.6 Å². The summed E-state index contributed by atoms with van der Waals surface area (Å²) < 4.78 is 72.7. The standard InChI is InChI=1S/C49H59ClF3N3O9/c1-29(28-63-40-16-21-54-38-13-8-10-30(2)41(38)40)22-32-23-31-14-15-35(64-36-26-39(42(57)61-6)55(27-36)45(60)65-46(3,4)5)25-37(31)47(32)17-19-48(20-18-47,44(59)62-7)56(43(58)49(51,52)53)34-12-9-11-33(50)24-34/h9,11-12,14-16,21,24-25,29-30,32,36,39H,8,10,13,17-20,22-23,26-28H2,1-7H3/t29-,30-,32+,36+,39-,47?,48?/m1/s1. The van der Waals surface area contributed by atoms with Crippen LogP contribution in [0, 0.1) is 11.8 Å². The molecule has 0 unspecified atom stereocenters. The van der Waals surface area contributed by atoms with E-state index in [4.69, 9.17) is 35.3 Å². The molecule has 0 radical (unpaired) electrons. The summed E-state index contributed by atoms with van der Waals surface area (Å²) in [6.45, 7) is 10.0. The van der Waals surface area contributed by atoms with Crippen LogP contribution in [-0.2, 0) is 46.9 Å². The minimum atomic E-state index is -5.32. The van der Waals surface area contributed by atoms with E-state index in [0.29, 0.717) is 36.0 Å². The molecule has 7 rings (SSSR count). The maximum Gasteiger partial charge on any atom is 0.471 e. The van der Waals surface area contributed by atoms with Gasteiger partial charge in [-0.2, -0.15) is 13.2 Å². The fourth-order valence-corrected chi connectivity index (χ4v) is 11.1. The molecule has 352 valence electrons.